The van der Waals surface area contributed by atoms with Gasteiger partial charge in [-0.3, -0.25) is 19.1 Å². The third-order valence-electron chi connectivity index (χ3n) is 6.47. The zero-order valence-corrected chi connectivity index (χ0v) is 19.8. The van der Waals surface area contributed by atoms with Crippen LogP contribution < -0.4 is 16.1 Å². The van der Waals surface area contributed by atoms with Crippen molar-refractivity contribution in [2.24, 2.45) is 0 Å². The topological polar surface area (TPSA) is 125 Å². The Kier molecular flexibility index (Phi) is 5.40. The normalized spacial score (nSPS) is 15.8. The number of anilines is 1. The van der Waals surface area contributed by atoms with E-state index in [1.807, 2.05) is 0 Å². The summed E-state index contributed by atoms with van der Waals surface area (Å²) in [7, 11) is -3.60. The van der Waals surface area contributed by atoms with Gasteiger partial charge in [-0.05, 0) is 49.1 Å². The number of sulfonamides is 1. The monoisotopic (exact) mass is 483 g/mol. The van der Waals surface area contributed by atoms with Gasteiger partial charge in [0.05, 0.1) is 15.8 Å². The van der Waals surface area contributed by atoms with E-state index in [4.69, 9.17) is 0 Å². The van der Waals surface area contributed by atoms with Crippen LogP contribution >= 0.6 is 0 Å². The largest absolute Gasteiger partial charge is 0.330 e. The van der Waals surface area contributed by atoms with Gasteiger partial charge in [-0.2, -0.15) is 4.31 Å². The summed E-state index contributed by atoms with van der Waals surface area (Å²) in [4.78, 5) is 46.4. The molecule has 0 bridgehead atoms. The lowest BCUT2D eigenvalue weighted by Gasteiger charge is -2.20. The van der Waals surface area contributed by atoms with E-state index >= 15 is 0 Å². The van der Waals surface area contributed by atoms with Crippen LogP contribution in [0.1, 0.15) is 48.7 Å². The molecule has 1 N–H and O–H groups in total. The second-order valence-electron chi connectivity index (χ2n) is 8.54. The van der Waals surface area contributed by atoms with Gasteiger partial charge in [0, 0.05) is 37.6 Å². The van der Waals surface area contributed by atoms with Crippen molar-refractivity contribution in [3.63, 3.8) is 0 Å². The molecular weight excluding hydrogens is 458 g/mol. The molecule has 0 spiro atoms. The second kappa shape index (κ2) is 8.17. The molecule has 1 aromatic carbocycles. The van der Waals surface area contributed by atoms with Crippen molar-refractivity contribution < 1.29 is 13.2 Å². The van der Waals surface area contributed by atoms with Gasteiger partial charge in [-0.15, -0.1) is 0 Å². The van der Waals surface area contributed by atoms with Crippen molar-refractivity contribution in [3.8, 4) is 0 Å². The number of rotatable bonds is 6. The van der Waals surface area contributed by atoms with Gasteiger partial charge in [-0.25, -0.2) is 18.2 Å². The average Bonchev–Trinajstić information content (AvgIpc) is 3.56. The Hall–Kier alpha value is -3.31. The fourth-order valence-corrected chi connectivity index (χ4v) is 6.05. The van der Waals surface area contributed by atoms with Crippen LogP contribution in [-0.4, -0.2) is 52.8 Å². The van der Waals surface area contributed by atoms with E-state index in [1.54, 1.807) is 30.9 Å². The molecule has 1 saturated carbocycles. The molecule has 1 aliphatic carbocycles. The smallest absolute Gasteiger partial charge is 0.308 e. The third kappa shape index (κ3) is 3.55. The summed E-state index contributed by atoms with van der Waals surface area (Å²) in [5.41, 5.74) is 0.853. The minimum Gasteiger partial charge on any atom is -0.308 e. The summed E-state index contributed by atoms with van der Waals surface area (Å²) in [6.07, 6.45) is 3.60. The maximum Gasteiger partial charge on any atom is 0.330 e. The van der Waals surface area contributed by atoms with Gasteiger partial charge in [0.1, 0.15) is 5.65 Å². The maximum absolute atomic E-state index is 13.3. The van der Waals surface area contributed by atoms with Gasteiger partial charge in [0.15, 0.2) is 0 Å². The van der Waals surface area contributed by atoms with Crippen LogP contribution in [0.2, 0.25) is 0 Å². The Labute approximate surface area is 195 Å². The number of nitrogens with one attached hydrogen (secondary N) is 1. The van der Waals surface area contributed by atoms with Crippen molar-refractivity contribution in [2.45, 2.75) is 44.0 Å². The SMILES string of the molecule is CCN(CC)S(=O)(=O)c1ccc2c(c1)CCN2C(=O)c1cnc2c(c1)c(=O)[nH]c(=O)n2C1CC1. The highest BCUT2D eigenvalue weighted by molar-refractivity contribution is 7.89. The van der Waals surface area contributed by atoms with Crippen molar-refractivity contribution in [1.29, 1.82) is 0 Å². The van der Waals surface area contributed by atoms with E-state index in [2.05, 4.69) is 9.97 Å². The minimum absolute atomic E-state index is 0.0215. The lowest BCUT2D eigenvalue weighted by molar-refractivity contribution is 0.0989. The quantitative estimate of drug-likeness (QED) is 0.568. The molecule has 34 heavy (non-hydrogen) atoms. The predicted molar refractivity (Wildman–Crippen MR) is 127 cm³/mol. The molecule has 3 aromatic rings. The van der Waals surface area contributed by atoms with Gasteiger partial charge >= 0.3 is 5.69 Å². The fraction of sp³-hybridized carbons (Fsp3) is 0.391. The molecule has 178 valence electrons. The van der Waals surface area contributed by atoms with E-state index in [0.717, 1.165) is 18.4 Å². The van der Waals surface area contributed by atoms with Crippen LogP contribution in [0.15, 0.2) is 44.9 Å². The number of amides is 1. The summed E-state index contributed by atoms with van der Waals surface area (Å²) in [6.45, 7) is 4.73. The minimum atomic E-state index is -3.60. The first-order chi connectivity index (χ1) is 16.3. The molecule has 3 heterocycles. The Morgan fingerprint density at radius 1 is 1.18 bits per heavy atom. The van der Waals surface area contributed by atoms with Gasteiger partial charge in [0.2, 0.25) is 10.0 Å². The summed E-state index contributed by atoms with van der Waals surface area (Å²) in [5, 5.41) is 0.192. The molecule has 2 aliphatic rings. The van der Waals surface area contributed by atoms with Gasteiger partial charge in [-0.1, -0.05) is 13.8 Å². The molecule has 0 radical (unpaired) electrons. The highest BCUT2D eigenvalue weighted by Crippen LogP contribution is 2.35. The number of pyridine rings is 1. The van der Waals surface area contributed by atoms with Crippen LogP contribution in [-0.2, 0) is 16.4 Å². The van der Waals surface area contributed by atoms with Crippen LogP contribution in [0.4, 0.5) is 5.69 Å². The molecule has 10 nitrogen and oxygen atoms in total. The summed E-state index contributed by atoms with van der Waals surface area (Å²) < 4.78 is 28.6. The van der Waals surface area contributed by atoms with Gasteiger partial charge in [0.25, 0.3) is 11.5 Å². The Morgan fingerprint density at radius 2 is 1.91 bits per heavy atom. The molecule has 1 amide bonds. The van der Waals surface area contributed by atoms with Crippen molar-refractivity contribution in [3.05, 3.63) is 62.4 Å². The highest BCUT2D eigenvalue weighted by Gasteiger charge is 2.31. The number of benzene rings is 1. The zero-order chi connectivity index (χ0) is 24.2. The Bertz CT molecular complexity index is 1530. The molecule has 0 unspecified atom stereocenters. The van der Waals surface area contributed by atoms with Gasteiger partial charge < -0.3 is 4.90 Å². The standard InChI is InChI=1S/C23H25N5O5S/c1-3-26(4-2)34(32,33)17-7-8-19-14(11-17)9-10-27(19)22(30)15-12-18-20(24-13-15)28(16-5-6-16)23(31)25-21(18)29/h7-8,11-13,16H,3-6,9-10H2,1-2H3,(H,25,29,31). The summed E-state index contributed by atoms with van der Waals surface area (Å²) in [5.74, 6) is -0.337. The van der Waals surface area contributed by atoms with E-state index in [1.165, 1.54) is 27.2 Å². The lowest BCUT2D eigenvalue weighted by atomic mass is 10.1. The summed E-state index contributed by atoms with van der Waals surface area (Å²) >= 11 is 0. The van der Waals surface area contributed by atoms with Crippen LogP contribution in [0.5, 0.6) is 0 Å². The maximum atomic E-state index is 13.3. The molecule has 5 rings (SSSR count). The Morgan fingerprint density at radius 3 is 2.59 bits per heavy atom. The second-order valence-corrected chi connectivity index (χ2v) is 10.5. The van der Waals surface area contributed by atoms with Crippen LogP contribution in [0.25, 0.3) is 11.0 Å². The number of fused-ring (bicyclic) bond motifs is 2. The highest BCUT2D eigenvalue weighted by atomic mass is 32.2. The number of aromatic nitrogens is 3. The molecule has 1 aliphatic heterocycles. The number of carbonyl (C=O) groups excluding carboxylic acids is 1. The van der Waals surface area contributed by atoms with Crippen LogP contribution in [0.3, 0.4) is 0 Å². The number of aromatic amines is 1. The average molecular weight is 484 g/mol. The fourth-order valence-electron chi connectivity index (χ4n) is 4.54. The molecule has 0 atom stereocenters. The number of H-pyrrole nitrogens is 1. The Balaban J connectivity index is 1.49. The molecule has 2 aromatic heterocycles. The van der Waals surface area contributed by atoms with Crippen LogP contribution in [0, 0.1) is 0 Å². The number of hydrogen-bond acceptors (Lipinski definition) is 6. The van der Waals surface area contributed by atoms with E-state index in [-0.39, 0.29) is 33.4 Å². The molecule has 1 fully saturated rings. The van der Waals surface area contributed by atoms with Crippen molar-refractivity contribution >= 4 is 32.7 Å². The van der Waals surface area contributed by atoms with E-state index in [9.17, 15) is 22.8 Å². The first-order valence-corrected chi connectivity index (χ1v) is 12.8. The zero-order valence-electron chi connectivity index (χ0n) is 18.9. The first-order valence-electron chi connectivity index (χ1n) is 11.4. The molecular formula is C23H25N5O5S. The van der Waals surface area contributed by atoms with E-state index in [0.29, 0.717) is 31.7 Å². The number of nitrogens with zero attached hydrogens (tertiary/aromatic N) is 4. The van der Waals surface area contributed by atoms with Crippen molar-refractivity contribution in [2.75, 3.05) is 24.5 Å². The summed E-state index contributed by atoms with van der Waals surface area (Å²) in [6, 6.07) is 6.30. The predicted octanol–water partition coefficient (Wildman–Crippen LogP) is 1.65. The molecule has 0 saturated heterocycles. The lowest BCUT2D eigenvalue weighted by Crippen LogP contribution is -2.32. The van der Waals surface area contributed by atoms with E-state index < -0.39 is 21.3 Å². The molecule has 11 heteroatoms. The first kappa shape index (κ1) is 22.5. The number of carbonyl (C=O) groups is 1. The third-order valence-corrected chi connectivity index (χ3v) is 8.52. The van der Waals surface area contributed by atoms with Crippen molar-refractivity contribution in [1.82, 2.24) is 18.8 Å². The number of hydrogen-bond donors (Lipinski definition) is 1.